The van der Waals surface area contributed by atoms with Crippen LogP contribution in [0.15, 0.2) is 24.3 Å². The highest BCUT2D eigenvalue weighted by Crippen LogP contribution is 2.57. The molecule has 2 unspecified atom stereocenters. The molecule has 5 rings (SSSR count). The monoisotopic (exact) mass is 316 g/mol. The van der Waals surface area contributed by atoms with E-state index in [0.29, 0.717) is 17.5 Å². The molecule has 1 amide bonds. The molecule has 4 fully saturated rings. The molecular formula is C18H24N2O3. The van der Waals surface area contributed by atoms with Crippen LogP contribution in [0.5, 0.6) is 5.75 Å². The van der Waals surface area contributed by atoms with Gasteiger partial charge in [0.2, 0.25) is 5.91 Å². The lowest BCUT2D eigenvalue weighted by Crippen LogP contribution is -2.65. The van der Waals surface area contributed by atoms with E-state index < -0.39 is 5.60 Å². The molecule has 0 radical (unpaired) electrons. The lowest BCUT2D eigenvalue weighted by Gasteiger charge is -2.60. The van der Waals surface area contributed by atoms with Crippen LogP contribution in [-0.4, -0.2) is 33.8 Å². The lowest BCUT2D eigenvalue weighted by atomic mass is 9.51. The van der Waals surface area contributed by atoms with E-state index in [1.807, 2.05) is 0 Å². The standard InChI is InChI=1S/C18H24N2O3/c21-15-4-2-1-3-14(15)20-16(22)10-19-17-6-12-5-13(7-17)9-18(23,8-12)11-17/h1-4,12-13,19,21,23H,5-11H2,(H,20,22). The molecule has 0 spiro atoms. The van der Waals surface area contributed by atoms with Crippen molar-refractivity contribution in [2.45, 2.75) is 49.7 Å². The number of anilines is 1. The second-order valence-electron chi connectivity index (χ2n) is 7.88. The molecule has 0 heterocycles. The fourth-order valence-electron chi connectivity index (χ4n) is 5.46. The van der Waals surface area contributed by atoms with Crippen LogP contribution in [0.4, 0.5) is 5.69 Å². The Balaban J connectivity index is 1.39. The van der Waals surface area contributed by atoms with E-state index in [1.165, 1.54) is 6.42 Å². The van der Waals surface area contributed by atoms with E-state index in [1.54, 1.807) is 24.3 Å². The van der Waals surface area contributed by atoms with Crippen LogP contribution >= 0.6 is 0 Å². The Bertz CT molecular complexity index is 616. The predicted octanol–water partition coefficient (Wildman–Crippen LogP) is 2.00. The van der Waals surface area contributed by atoms with Crippen molar-refractivity contribution in [1.29, 1.82) is 0 Å². The summed E-state index contributed by atoms with van der Waals surface area (Å²) in [5, 5.41) is 26.6. The Kier molecular flexibility index (Phi) is 3.39. The Morgan fingerprint density at radius 2 is 1.87 bits per heavy atom. The van der Waals surface area contributed by atoms with Crippen molar-refractivity contribution >= 4 is 11.6 Å². The zero-order chi connectivity index (χ0) is 16.1. The maximum absolute atomic E-state index is 12.2. The van der Waals surface area contributed by atoms with E-state index in [2.05, 4.69) is 10.6 Å². The van der Waals surface area contributed by atoms with Gasteiger partial charge in [-0.15, -0.1) is 0 Å². The molecule has 124 valence electrons. The van der Waals surface area contributed by atoms with Crippen LogP contribution in [0.2, 0.25) is 0 Å². The van der Waals surface area contributed by atoms with Gasteiger partial charge in [-0.3, -0.25) is 4.79 Å². The van der Waals surface area contributed by atoms with Crippen LogP contribution < -0.4 is 10.6 Å². The van der Waals surface area contributed by atoms with E-state index in [4.69, 9.17) is 0 Å². The second-order valence-corrected chi connectivity index (χ2v) is 7.88. The van der Waals surface area contributed by atoms with Gasteiger partial charge in [0.05, 0.1) is 17.8 Å². The molecule has 4 bridgehead atoms. The van der Waals surface area contributed by atoms with Gasteiger partial charge in [-0.25, -0.2) is 0 Å². The van der Waals surface area contributed by atoms with Crippen LogP contribution in [0, 0.1) is 11.8 Å². The summed E-state index contributed by atoms with van der Waals surface area (Å²) in [5.74, 6) is 1.10. The summed E-state index contributed by atoms with van der Waals surface area (Å²) in [6, 6.07) is 6.73. The fraction of sp³-hybridized carbons (Fsp3) is 0.611. The molecule has 5 nitrogen and oxygen atoms in total. The number of aromatic hydroxyl groups is 1. The molecule has 5 heteroatoms. The first-order chi connectivity index (χ1) is 11.0. The number of carbonyl (C=O) groups is 1. The van der Waals surface area contributed by atoms with Crippen molar-refractivity contribution in [2.24, 2.45) is 11.8 Å². The highest BCUT2D eigenvalue weighted by molar-refractivity contribution is 5.93. The van der Waals surface area contributed by atoms with Crippen molar-refractivity contribution in [2.75, 3.05) is 11.9 Å². The highest BCUT2D eigenvalue weighted by atomic mass is 16.3. The minimum atomic E-state index is -0.523. The SMILES string of the molecule is O=C(CNC12CC3CC(CC(O)(C3)C1)C2)Nc1ccccc1O. The van der Waals surface area contributed by atoms with E-state index in [-0.39, 0.29) is 23.7 Å². The Hall–Kier alpha value is -1.59. The summed E-state index contributed by atoms with van der Waals surface area (Å²) < 4.78 is 0. The van der Waals surface area contributed by atoms with E-state index in [9.17, 15) is 15.0 Å². The summed E-state index contributed by atoms with van der Waals surface area (Å²) in [4.78, 5) is 12.2. The minimum absolute atomic E-state index is 0.0740. The summed E-state index contributed by atoms with van der Waals surface area (Å²) in [5.41, 5.74) is -0.177. The molecule has 4 N–H and O–H groups in total. The Morgan fingerprint density at radius 3 is 2.52 bits per heavy atom. The smallest absolute Gasteiger partial charge is 0.238 e. The fourth-order valence-corrected chi connectivity index (χ4v) is 5.46. The van der Waals surface area contributed by atoms with Crippen LogP contribution in [0.3, 0.4) is 0 Å². The summed E-state index contributed by atoms with van der Waals surface area (Å²) in [6.07, 6.45) is 5.98. The number of para-hydroxylation sites is 2. The minimum Gasteiger partial charge on any atom is -0.506 e. The number of hydrogen-bond donors (Lipinski definition) is 4. The number of hydrogen-bond acceptors (Lipinski definition) is 4. The average Bonchev–Trinajstić information content (AvgIpc) is 2.45. The molecule has 0 aliphatic heterocycles. The summed E-state index contributed by atoms with van der Waals surface area (Å²) in [7, 11) is 0. The maximum Gasteiger partial charge on any atom is 0.238 e. The molecular weight excluding hydrogens is 292 g/mol. The van der Waals surface area contributed by atoms with Crippen LogP contribution in [-0.2, 0) is 4.79 Å². The van der Waals surface area contributed by atoms with Gasteiger partial charge in [-0.2, -0.15) is 0 Å². The topological polar surface area (TPSA) is 81.6 Å². The first-order valence-corrected chi connectivity index (χ1v) is 8.51. The third-order valence-corrected chi connectivity index (χ3v) is 5.83. The zero-order valence-electron chi connectivity index (χ0n) is 13.2. The number of carbonyl (C=O) groups excluding carboxylic acids is 1. The van der Waals surface area contributed by atoms with Crippen molar-refractivity contribution in [3.05, 3.63) is 24.3 Å². The van der Waals surface area contributed by atoms with Gasteiger partial charge >= 0.3 is 0 Å². The molecule has 23 heavy (non-hydrogen) atoms. The molecule has 1 aromatic rings. The second kappa shape index (κ2) is 5.21. The first kappa shape index (κ1) is 15.0. The number of phenols is 1. The van der Waals surface area contributed by atoms with Gasteiger partial charge in [0.15, 0.2) is 0 Å². The number of benzene rings is 1. The van der Waals surface area contributed by atoms with E-state index in [0.717, 1.165) is 32.1 Å². The zero-order valence-corrected chi connectivity index (χ0v) is 13.2. The Labute approximate surface area is 136 Å². The number of nitrogens with one attached hydrogen (secondary N) is 2. The van der Waals surface area contributed by atoms with Gasteiger partial charge in [0, 0.05) is 5.54 Å². The number of rotatable bonds is 4. The molecule has 0 aromatic heterocycles. The van der Waals surface area contributed by atoms with Gasteiger partial charge in [0.25, 0.3) is 0 Å². The molecule has 0 saturated heterocycles. The lowest BCUT2D eigenvalue weighted by molar-refractivity contribution is -0.144. The normalized spacial score (nSPS) is 37.8. The quantitative estimate of drug-likeness (QED) is 0.641. The third-order valence-electron chi connectivity index (χ3n) is 5.83. The van der Waals surface area contributed by atoms with Gasteiger partial charge in [-0.1, -0.05) is 12.1 Å². The summed E-state index contributed by atoms with van der Waals surface area (Å²) >= 11 is 0. The molecule has 4 aliphatic rings. The van der Waals surface area contributed by atoms with Gasteiger partial charge < -0.3 is 20.8 Å². The first-order valence-electron chi connectivity index (χ1n) is 8.51. The Morgan fingerprint density at radius 1 is 1.17 bits per heavy atom. The molecule has 2 atom stereocenters. The van der Waals surface area contributed by atoms with Crippen molar-refractivity contribution in [1.82, 2.24) is 5.32 Å². The number of phenolic OH excluding ortho intramolecular Hbond substituents is 1. The number of aliphatic hydroxyl groups is 1. The highest BCUT2D eigenvalue weighted by Gasteiger charge is 2.56. The molecule has 1 aromatic carbocycles. The van der Waals surface area contributed by atoms with Crippen molar-refractivity contribution < 1.29 is 15.0 Å². The van der Waals surface area contributed by atoms with Crippen molar-refractivity contribution in [3.8, 4) is 5.75 Å². The van der Waals surface area contributed by atoms with E-state index >= 15 is 0 Å². The largest absolute Gasteiger partial charge is 0.506 e. The van der Waals surface area contributed by atoms with Crippen molar-refractivity contribution in [3.63, 3.8) is 0 Å². The third kappa shape index (κ3) is 2.83. The van der Waals surface area contributed by atoms with Crippen LogP contribution in [0.25, 0.3) is 0 Å². The summed E-state index contributed by atoms with van der Waals surface area (Å²) in [6.45, 7) is 0.212. The molecule has 4 saturated carbocycles. The average molecular weight is 316 g/mol. The van der Waals surface area contributed by atoms with Gasteiger partial charge in [0.1, 0.15) is 5.75 Å². The number of amides is 1. The van der Waals surface area contributed by atoms with Crippen LogP contribution in [0.1, 0.15) is 38.5 Å². The predicted molar refractivity (Wildman–Crippen MR) is 87.1 cm³/mol. The maximum atomic E-state index is 12.2. The molecule has 4 aliphatic carbocycles. The van der Waals surface area contributed by atoms with Gasteiger partial charge in [-0.05, 0) is 62.5 Å².